The molecule has 2 unspecified atom stereocenters. The Hall–Kier alpha value is 0.0500. The first-order chi connectivity index (χ1) is 4.01. The second-order valence-corrected chi connectivity index (χ2v) is 3.33. The lowest BCUT2D eigenvalue weighted by atomic mass is 10.1. The van der Waals surface area contributed by atoms with Crippen molar-refractivity contribution in [1.82, 2.24) is 0 Å². The van der Waals surface area contributed by atoms with Gasteiger partial charge in [-0.1, -0.05) is 0 Å². The molecule has 9 heavy (non-hydrogen) atoms. The molecule has 0 saturated heterocycles. The van der Waals surface area contributed by atoms with E-state index < -0.39 is 22.1 Å². The zero-order valence-corrected chi connectivity index (χ0v) is 6.28. The van der Waals surface area contributed by atoms with Gasteiger partial charge in [-0.15, -0.1) is 23.2 Å². The number of carboxylic acid groups (broad SMARTS) is 1. The van der Waals surface area contributed by atoms with Crippen molar-refractivity contribution in [3.05, 3.63) is 0 Å². The first kappa shape index (κ1) is 7.16. The van der Waals surface area contributed by atoms with E-state index in [1.807, 2.05) is 0 Å². The van der Waals surface area contributed by atoms with Crippen LogP contribution in [0.15, 0.2) is 0 Å². The van der Waals surface area contributed by atoms with Crippen LogP contribution in [0.5, 0.6) is 0 Å². The molecule has 1 aliphatic rings. The van der Waals surface area contributed by atoms with Gasteiger partial charge in [0.25, 0.3) is 0 Å². The van der Waals surface area contributed by atoms with Crippen LogP contribution in [0.25, 0.3) is 0 Å². The Kier molecular flexibility index (Phi) is 1.41. The van der Waals surface area contributed by atoms with E-state index in [0.29, 0.717) is 0 Å². The predicted octanol–water partition coefficient (Wildman–Crippen LogP) is 1.31. The summed E-state index contributed by atoms with van der Waals surface area (Å²) in [5.41, 5.74) is -0.886. The highest BCUT2D eigenvalue weighted by Crippen LogP contribution is 2.54. The third-order valence-corrected chi connectivity index (χ3v) is 3.29. The standard InChI is InChI=1S/C5H6Cl2O2/c1-5(4(8)9)2(6)3(5)7/h2-3H,1H3,(H,8,9). The number of rotatable bonds is 1. The number of hydrogen-bond donors (Lipinski definition) is 1. The van der Waals surface area contributed by atoms with Crippen LogP contribution in [-0.2, 0) is 4.79 Å². The average Bonchev–Trinajstić information content (AvgIpc) is 2.22. The highest BCUT2D eigenvalue weighted by molar-refractivity contribution is 6.38. The van der Waals surface area contributed by atoms with Gasteiger partial charge in [-0.2, -0.15) is 0 Å². The molecular formula is C5H6Cl2O2. The van der Waals surface area contributed by atoms with E-state index in [4.69, 9.17) is 28.3 Å². The van der Waals surface area contributed by atoms with E-state index in [9.17, 15) is 4.79 Å². The maximum absolute atomic E-state index is 10.3. The second kappa shape index (κ2) is 1.77. The Bertz CT molecular complexity index is 149. The summed E-state index contributed by atoms with van der Waals surface area (Å²) in [5, 5.41) is 7.67. The molecule has 2 atom stereocenters. The third kappa shape index (κ3) is 0.733. The van der Waals surface area contributed by atoms with Crippen LogP contribution in [0.2, 0.25) is 0 Å². The first-order valence-corrected chi connectivity index (χ1v) is 3.40. The van der Waals surface area contributed by atoms with Gasteiger partial charge < -0.3 is 5.11 Å². The van der Waals surface area contributed by atoms with Gasteiger partial charge in [0, 0.05) is 0 Å². The molecule has 0 aromatic rings. The van der Waals surface area contributed by atoms with E-state index in [0.717, 1.165) is 0 Å². The summed E-state index contributed by atoms with van der Waals surface area (Å²) < 4.78 is 0. The minimum Gasteiger partial charge on any atom is -0.481 e. The Morgan fingerprint density at radius 2 is 1.89 bits per heavy atom. The highest BCUT2D eigenvalue weighted by atomic mass is 35.5. The molecule has 1 saturated carbocycles. The van der Waals surface area contributed by atoms with Gasteiger partial charge in [0.05, 0.1) is 10.8 Å². The summed E-state index contributed by atoms with van der Waals surface area (Å²) in [5.74, 6) is -0.914. The zero-order valence-electron chi connectivity index (χ0n) is 4.77. The molecule has 1 fully saturated rings. The molecule has 4 heteroatoms. The molecule has 1 aliphatic carbocycles. The Morgan fingerprint density at radius 3 is 1.89 bits per heavy atom. The molecule has 0 aromatic heterocycles. The lowest BCUT2D eigenvalue weighted by molar-refractivity contribution is -0.142. The van der Waals surface area contributed by atoms with Crippen LogP contribution in [0, 0.1) is 5.41 Å². The molecule has 0 radical (unpaired) electrons. The molecule has 0 aliphatic heterocycles. The van der Waals surface area contributed by atoms with E-state index in [1.54, 1.807) is 6.92 Å². The van der Waals surface area contributed by atoms with Gasteiger partial charge in [0.2, 0.25) is 0 Å². The van der Waals surface area contributed by atoms with Gasteiger partial charge in [-0.05, 0) is 6.92 Å². The number of carboxylic acids is 1. The molecule has 0 aromatic carbocycles. The lowest BCUT2D eigenvalue weighted by Crippen LogP contribution is -2.14. The molecule has 0 spiro atoms. The van der Waals surface area contributed by atoms with Crippen molar-refractivity contribution < 1.29 is 9.90 Å². The van der Waals surface area contributed by atoms with Crippen LogP contribution in [0.3, 0.4) is 0 Å². The zero-order chi connectivity index (χ0) is 7.23. The fourth-order valence-electron chi connectivity index (χ4n) is 0.646. The van der Waals surface area contributed by atoms with Crippen LogP contribution >= 0.6 is 23.2 Å². The topological polar surface area (TPSA) is 37.3 Å². The molecule has 0 heterocycles. The van der Waals surface area contributed by atoms with E-state index in [1.165, 1.54) is 0 Å². The van der Waals surface area contributed by atoms with Crippen molar-refractivity contribution in [1.29, 1.82) is 0 Å². The van der Waals surface area contributed by atoms with Gasteiger partial charge in [-0.25, -0.2) is 0 Å². The molecule has 2 nitrogen and oxygen atoms in total. The van der Waals surface area contributed by atoms with Crippen LogP contribution in [-0.4, -0.2) is 21.8 Å². The highest BCUT2D eigenvalue weighted by Gasteiger charge is 2.65. The quantitative estimate of drug-likeness (QED) is 0.600. The lowest BCUT2D eigenvalue weighted by Gasteiger charge is -1.97. The van der Waals surface area contributed by atoms with Gasteiger partial charge >= 0.3 is 5.97 Å². The largest absolute Gasteiger partial charge is 0.481 e. The molecule has 0 amide bonds. The Balaban J connectivity index is 2.71. The average molecular weight is 169 g/mol. The monoisotopic (exact) mass is 168 g/mol. The van der Waals surface area contributed by atoms with Crippen molar-refractivity contribution in [2.24, 2.45) is 5.41 Å². The van der Waals surface area contributed by atoms with Crippen molar-refractivity contribution in [3.63, 3.8) is 0 Å². The summed E-state index contributed by atoms with van der Waals surface area (Å²) in [6.45, 7) is 1.55. The second-order valence-electron chi connectivity index (χ2n) is 2.39. The maximum atomic E-state index is 10.3. The number of halogens is 2. The van der Waals surface area contributed by atoms with Crippen LogP contribution < -0.4 is 0 Å². The van der Waals surface area contributed by atoms with E-state index in [2.05, 4.69) is 0 Å². The smallest absolute Gasteiger partial charge is 0.312 e. The maximum Gasteiger partial charge on any atom is 0.312 e. The summed E-state index contributed by atoms with van der Waals surface area (Å²) in [7, 11) is 0. The fraction of sp³-hybridized carbons (Fsp3) is 0.800. The molecule has 52 valence electrons. The van der Waals surface area contributed by atoms with E-state index >= 15 is 0 Å². The van der Waals surface area contributed by atoms with Crippen molar-refractivity contribution in [3.8, 4) is 0 Å². The summed E-state index contributed by atoms with van der Waals surface area (Å²) in [6, 6.07) is 0. The molecule has 0 bridgehead atoms. The third-order valence-electron chi connectivity index (χ3n) is 1.75. The number of aliphatic carboxylic acids is 1. The predicted molar refractivity (Wildman–Crippen MR) is 35.0 cm³/mol. The van der Waals surface area contributed by atoms with Crippen molar-refractivity contribution >= 4 is 29.2 Å². The van der Waals surface area contributed by atoms with Crippen LogP contribution in [0.1, 0.15) is 6.92 Å². The normalized spacial score (nSPS) is 48.8. The number of alkyl halides is 2. The molecule has 1 N–H and O–H groups in total. The van der Waals surface area contributed by atoms with Crippen molar-refractivity contribution in [2.45, 2.75) is 17.7 Å². The minimum atomic E-state index is -0.914. The summed E-state index contributed by atoms with van der Waals surface area (Å²) >= 11 is 11.1. The van der Waals surface area contributed by atoms with E-state index in [-0.39, 0.29) is 0 Å². The summed E-state index contributed by atoms with van der Waals surface area (Å²) in [4.78, 5) is 10.3. The minimum absolute atomic E-state index is 0.406. The number of hydrogen-bond acceptors (Lipinski definition) is 1. The Labute approximate surface area is 62.8 Å². The number of carbonyl (C=O) groups is 1. The molecule has 1 rings (SSSR count). The van der Waals surface area contributed by atoms with Gasteiger partial charge in [-0.3, -0.25) is 4.79 Å². The van der Waals surface area contributed by atoms with Gasteiger partial charge in [0.1, 0.15) is 5.41 Å². The Morgan fingerprint density at radius 1 is 1.56 bits per heavy atom. The fourth-order valence-corrected chi connectivity index (χ4v) is 1.55. The van der Waals surface area contributed by atoms with Gasteiger partial charge in [0.15, 0.2) is 0 Å². The van der Waals surface area contributed by atoms with Crippen LogP contribution in [0.4, 0.5) is 0 Å². The summed E-state index contributed by atoms with van der Waals surface area (Å²) in [6.07, 6.45) is 0. The SMILES string of the molecule is CC1(C(=O)O)C(Cl)C1Cl. The van der Waals surface area contributed by atoms with Crippen molar-refractivity contribution in [2.75, 3.05) is 0 Å². The first-order valence-electron chi connectivity index (χ1n) is 2.52. The molecular weight excluding hydrogens is 163 g/mol.